The van der Waals surface area contributed by atoms with Gasteiger partial charge in [0.05, 0.1) is 11.6 Å². The Labute approximate surface area is 106 Å². The third-order valence-electron chi connectivity index (χ3n) is 2.42. The molecule has 0 unspecified atom stereocenters. The first-order chi connectivity index (χ1) is 8.19. The topological polar surface area (TPSA) is 70.8 Å². The number of methoxy groups -OCH3 is 1. The van der Waals surface area contributed by atoms with Gasteiger partial charge in [-0.25, -0.2) is 9.89 Å². The lowest BCUT2D eigenvalue weighted by atomic mass is 10.1. The number of rotatable bonds is 4. The molecule has 0 fully saturated rings. The molecule has 0 spiro atoms. The van der Waals surface area contributed by atoms with Crippen molar-refractivity contribution >= 4 is 15.9 Å². The lowest BCUT2D eigenvalue weighted by Gasteiger charge is -2.05. The van der Waals surface area contributed by atoms with Crippen LogP contribution in [0.15, 0.2) is 27.5 Å². The monoisotopic (exact) mass is 297 g/mol. The van der Waals surface area contributed by atoms with Crippen molar-refractivity contribution < 1.29 is 4.74 Å². The lowest BCUT2D eigenvalue weighted by Crippen LogP contribution is -2.01. The number of H-pyrrole nitrogens is 2. The van der Waals surface area contributed by atoms with Crippen molar-refractivity contribution in [2.75, 3.05) is 7.11 Å². The van der Waals surface area contributed by atoms with Gasteiger partial charge in [0.2, 0.25) is 0 Å². The van der Waals surface area contributed by atoms with Crippen LogP contribution in [0.4, 0.5) is 0 Å². The van der Waals surface area contributed by atoms with E-state index in [9.17, 15) is 4.79 Å². The third kappa shape index (κ3) is 2.97. The summed E-state index contributed by atoms with van der Waals surface area (Å²) in [5.74, 6) is 1.48. The van der Waals surface area contributed by atoms with E-state index >= 15 is 0 Å². The molecule has 0 bridgehead atoms. The van der Waals surface area contributed by atoms with Gasteiger partial charge >= 0.3 is 5.69 Å². The second-order valence-corrected chi connectivity index (χ2v) is 4.45. The van der Waals surface area contributed by atoms with Crippen LogP contribution in [-0.4, -0.2) is 22.3 Å². The summed E-state index contributed by atoms with van der Waals surface area (Å²) in [5, 5.41) is 6.20. The summed E-state index contributed by atoms with van der Waals surface area (Å²) in [7, 11) is 1.63. The number of ether oxygens (including phenoxy) is 1. The summed E-state index contributed by atoms with van der Waals surface area (Å²) in [5.41, 5.74) is 0.887. The molecule has 2 aromatic rings. The Morgan fingerprint density at radius 1 is 1.41 bits per heavy atom. The maximum absolute atomic E-state index is 10.8. The van der Waals surface area contributed by atoms with Crippen molar-refractivity contribution in [3.8, 4) is 5.75 Å². The Balaban J connectivity index is 2.04. The lowest BCUT2D eigenvalue weighted by molar-refractivity contribution is 0.412. The van der Waals surface area contributed by atoms with Crippen molar-refractivity contribution in [2.45, 2.75) is 12.8 Å². The minimum atomic E-state index is -0.268. The number of nitrogens with zero attached hydrogens (tertiary/aromatic N) is 1. The summed E-state index contributed by atoms with van der Waals surface area (Å²) in [6.07, 6.45) is 1.50. The minimum Gasteiger partial charge on any atom is -0.496 e. The largest absolute Gasteiger partial charge is 0.496 e. The van der Waals surface area contributed by atoms with Crippen LogP contribution in [0.2, 0.25) is 0 Å². The van der Waals surface area contributed by atoms with Gasteiger partial charge in [0, 0.05) is 6.42 Å². The maximum Gasteiger partial charge on any atom is 0.340 e. The third-order valence-corrected chi connectivity index (χ3v) is 3.04. The van der Waals surface area contributed by atoms with Gasteiger partial charge in [-0.15, -0.1) is 0 Å². The molecule has 0 amide bonds. The summed E-state index contributed by atoms with van der Waals surface area (Å²) in [6, 6.07) is 5.91. The van der Waals surface area contributed by atoms with E-state index in [1.807, 2.05) is 18.2 Å². The highest BCUT2D eigenvalue weighted by Gasteiger charge is 2.03. The summed E-state index contributed by atoms with van der Waals surface area (Å²) >= 11 is 3.43. The first-order valence-electron chi connectivity index (χ1n) is 5.15. The highest BCUT2D eigenvalue weighted by Crippen LogP contribution is 2.25. The first-order valence-corrected chi connectivity index (χ1v) is 5.94. The molecule has 2 rings (SSSR count). The number of aromatic amines is 2. The van der Waals surface area contributed by atoms with Crippen LogP contribution < -0.4 is 10.4 Å². The van der Waals surface area contributed by atoms with Gasteiger partial charge in [-0.1, -0.05) is 6.07 Å². The van der Waals surface area contributed by atoms with E-state index in [-0.39, 0.29) is 5.69 Å². The maximum atomic E-state index is 10.8. The summed E-state index contributed by atoms with van der Waals surface area (Å²) in [6.45, 7) is 0. The number of hydrogen-bond donors (Lipinski definition) is 2. The van der Waals surface area contributed by atoms with Gasteiger partial charge in [-0.3, -0.25) is 4.98 Å². The fourth-order valence-corrected chi connectivity index (χ4v) is 2.14. The Morgan fingerprint density at radius 2 is 2.24 bits per heavy atom. The zero-order valence-corrected chi connectivity index (χ0v) is 10.9. The van der Waals surface area contributed by atoms with E-state index in [0.29, 0.717) is 12.2 Å². The normalized spacial score (nSPS) is 10.5. The Hall–Kier alpha value is -1.56. The van der Waals surface area contributed by atoms with Crippen molar-refractivity contribution in [1.29, 1.82) is 0 Å². The van der Waals surface area contributed by atoms with E-state index in [0.717, 1.165) is 22.2 Å². The first kappa shape index (κ1) is 11.9. The van der Waals surface area contributed by atoms with E-state index in [4.69, 9.17) is 4.74 Å². The Bertz CT molecular complexity index is 562. The molecule has 5 nitrogen and oxygen atoms in total. The van der Waals surface area contributed by atoms with E-state index < -0.39 is 0 Å². The van der Waals surface area contributed by atoms with Gasteiger partial charge in [0.1, 0.15) is 11.6 Å². The summed E-state index contributed by atoms with van der Waals surface area (Å²) < 4.78 is 6.08. The quantitative estimate of drug-likeness (QED) is 0.901. The highest BCUT2D eigenvalue weighted by atomic mass is 79.9. The van der Waals surface area contributed by atoms with Crippen LogP contribution in [0.1, 0.15) is 11.4 Å². The van der Waals surface area contributed by atoms with Crippen molar-refractivity contribution in [2.24, 2.45) is 0 Å². The van der Waals surface area contributed by atoms with Crippen LogP contribution in [0.3, 0.4) is 0 Å². The number of benzene rings is 1. The van der Waals surface area contributed by atoms with Crippen molar-refractivity contribution in [3.63, 3.8) is 0 Å². The standard InChI is InChI=1S/C11H12BrN3O2/c1-17-9-4-2-7(6-8(9)12)3-5-10-13-11(16)15-14-10/h2,4,6H,3,5H2,1H3,(H2,13,14,15,16). The zero-order valence-electron chi connectivity index (χ0n) is 9.29. The molecule has 0 saturated carbocycles. The molecule has 0 saturated heterocycles. The molecule has 1 aromatic carbocycles. The molecular weight excluding hydrogens is 286 g/mol. The van der Waals surface area contributed by atoms with Crippen LogP contribution in [0.5, 0.6) is 5.75 Å². The molecule has 0 aliphatic heterocycles. The Morgan fingerprint density at radius 3 is 2.82 bits per heavy atom. The van der Waals surface area contributed by atoms with Gasteiger partial charge < -0.3 is 4.74 Å². The average Bonchev–Trinajstić information content (AvgIpc) is 2.73. The zero-order chi connectivity index (χ0) is 12.3. The molecule has 1 aromatic heterocycles. The number of aromatic nitrogens is 3. The van der Waals surface area contributed by atoms with Gasteiger partial charge in [0.15, 0.2) is 0 Å². The highest BCUT2D eigenvalue weighted by molar-refractivity contribution is 9.10. The molecule has 1 heterocycles. The fraction of sp³-hybridized carbons (Fsp3) is 0.273. The van der Waals surface area contributed by atoms with Gasteiger partial charge in [0.25, 0.3) is 0 Å². The number of halogens is 1. The van der Waals surface area contributed by atoms with Crippen LogP contribution in [0, 0.1) is 0 Å². The van der Waals surface area contributed by atoms with Crippen molar-refractivity contribution in [3.05, 3.63) is 44.5 Å². The van der Waals surface area contributed by atoms with Gasteiger partial charge in [-0.05, 0) is 40.0 Å². The number of hydrogen-bond acceptors (Lipinski definition) is 3. The molecule has 0 atom stereocenters. The molecule has 17 heavy (non-hydrogen) atoms. The Kier molecular flexibility index (Phi) is 3.63. The number of nitrogens with one attached hydrogen (secondary N) is 2. The SMILES string of the molecule is COc1ccc(CCc2n[nH]c(=O)[nH]2)cc1Br. The molecule has 6 heteroatoms. The van der Waals surface area contributed by atoms with Crippen LogP contribution >= 0.6 is 15.9 Å². The summed E-state index contributed by atoms with van der Waals surface area (Å²) in [4.78, 5) is 13.5. The number of aryl methyl sites for hydroxylation is 2. The van der Waals surface area contributed by atoms with E-state index in [1.54, 1.807) is 7.11 Å². The average molecular weight is 298 g/mol. The van der Waals surface area contributed by atoms with Crippen LogP contribution in [0.25, 0.3) is 0 Å². The van der Waals surface area contributed by atoms with Crippen LogP contribution in [-0.2, 0) is 12.8 Å². The predicted octanol–water partition coefficient (Wildman–Crippen LogP) is 1.65. The van der Waals surface area contributed by atoms with Gasteiger partial charge in [-0.2, -0.15) is 5.10 Å². The molecule has 0 radical (unpaired) electrons. The minimum absolute atomic E-state index is 0.268. The molecule has 2 N–H and O–H groups in total. The molecular formula is C11H12BrN3O2. The smallest absolute Gasteiger partial charge is 0.340 e. The fourth-order valence-electron chi connectivity index (χ4n) is 1.55. The molecule has 90 valence electrons. The second kappa shape index (κ2) is 5.18. The van der Waals surface area contributed by atoms with E-state index in [2.05, 4.69) is 31.1 Å². The van der Waals surface area contributed by atoms with E-state index in [1.165, 1.54) is 0 Å². The molecule has 0 aliphatic rings. The molecule has 0 aliphatic carbocycles. The second-order valence-electron chi connectivity index (χ2n) is 3.59. The predicted molar refractivity (Wildman–Crippen MR) is 67.3 cm³/mol. The van der Waals surface area contributed by atoms with Crippen molar-refractivity contribution in [1.82, 2.24) is 15.2 Å².